The maximum Gasteiger partial charge on any atom is 0.218 e. The monoisotopic (exact) mass is 361 g/mol. The Morgan fingerprint density at radius 3 is 2.88 bits per heavy atom. The van der Waals surface area contributed by atoms with Gasteiger partial charge in [-0.25, -0.2) is 9.97 Å². The van der Waals surface area contributed by atoms with Gasteiger partial charge in [-0.2, -0.15) is 0 Å². The quantitative estimate of drug-likeness (QED) is 0.796. The summed E-state index contributed by atoms with van der Waals surface area (Å²) in [7, 11) is 3.86. The van der Waals surface area contributed by atoms with Crippen LogP contribution in [0.2, 0.25) is 0 Å². The average Bonchev–Trinajstić information content (AvgIpc) is 3.05. The number of piperazine rings is 1. The molecule has 0 unspecified atom stereocenters. The summed E-state index contributed by atoms with van der Waals surface area (Å²) in [6.45, 7) is 8.76. The second kappa shape index (κ2) is 7.66. The molecule has 3 saturated heterocycles. The number of anilines is 1. The van der Waals surface area contributed by atoms with Crippen LogP contribution in [0.5, 0.6) is 5.88 Å². The standard InChI is InChI=1S/C19H31N5O2/c1-22-6-8-23(9-7-22)12-16-11-19(26-13-16)4-3-5-24(14-19)17-10-18(25-2)21-15-20-17/h10,15-16H,3-9,11-14H2,1-2H3/t16-,19+/m0/s1. The molecule has 1 aromatic heterocycles. The normalized spacial score (nSPS) is 30.8. The molecule has 3 aliphatic heterocycles. The Balaban J connectivity index is 1.36. The van der Waals surface area contributed by atoms with Crippen LogP contribution in [0.15, 0.2) is 12.4 Å². The van der Waals surface area contributed by atoms with Gasteiger partial charge >= 0.3 is 0 Å². The zero-order valence-corrected chi connectivity index (χ0v) is 16.1. The largest absolute Gasteiger partial charge is 0.481 e. The van der Waals surface area contributed by atoms with Gasteiger partial charge in [0.1, 0.15) is 12.1 Å². The van der Waals surface area contributed by atoms with Crippen molar-refractivity contribution < 1.29 is 9.47 Å². The fourth-order valence-electron chi connectivity index (χ4n) is 4.64. The third kappa shape index (κ3) is 3.94. The molecule has 7 heteroatoms. The Labute approximate surface area is 156 Å². The summed E-state index contributed by atoms with van der Waals surface area (Å²) >= 11 is 0. The molecule has 1 spiro atoms. The van der Waals surface area contributed by atoms with E-state index in [1.165, 1.54) is 32.7 Å². The van der Waals surface area contributed by atoms with E-state index < -0.39 is 0 Å². The molecular formula is C19H31N5O2. The number of piperidine rings is 1. The molecule has 2 atom stereocenters. The summed E-state index contributed by atoms with van der Waals surface area (Å²) in [6.07, 6.45) is 5.05. The number of ether oxygens (including phenoxy) is 2. The Morgan fingerprint density at radius 1 is 1.23 bits per heavy atom. The van der Waals surface area contributed by atoms with Crippen LogP contribution in [0.1, 0.15) is 19.3 Å². The topological polar surface area (TPSA) is 54.0 Å². The Morgan fingerprint density at radius 2 is 2.08 bits per heavy atom. The van der Waals surface area contributed by atoms with E-state index in [1.807, 2.05) is 6.07 Å². The van der Waals surface area contributed by atoms with Gasteiger partial charge in [0.25, 0.3) is 0 Å². The average molecular weight is 361 g/mol. The van der Waals surface area contributed by atoms with Crippen LogP contribution in [0.3, 0.4) is 0 Å². The van der Waals surface area contributed by atoms with Gasteiger partial charge < -0.3 is 24.2 Å². The summed E-state index contributed by atoms with van der Waals surface area (Å²) in [5.41, 5.74) is -0.00627. The van der Waals surface area contributed by atoms with Crippen LogP contribution in [-0.2, 0) is 4.74 Å². The zero-order chi connectivity index (χ0) is 18.0. The molecule has 0 amide bonds. The predicted molar refractivity (Wildman–Crippen MR) is 101 cm³/mol. The molecule has 0 saturated carbocycles. The molecule has 1 aromatic rings. The number of aromatic nitrogens is 2. The van der Waals surface area contributed by atoms with Gasteiger partial charge in [0.15, 0.2) is 0 Å². The van der Waals surface area contributed by atoms with Gasteiger partial charge in [-0.3, -0.25) is 0 Å². The van der Waals surface area contributed by atoms with Crippen molar-refractivity contribution in [3.05, 3.63) is 12.4 Å². The molecule has 26 heavy (non-hydrogen) atoms. The van der Waals surface area contributed by atoms with Crippen molar-refractivity contribution in [3.63, 3.8) is 0 Å². The van der Waals surface area contributed by atoms with Crippen LogP contribution in [0.25, 0.3) is 0 Å². The summed E-state index contributed by atoms with van der Waals surface area (Å²) in [4.78, 5) is 15.9. The number of hydrogen-bond acceptors (Lipinski definition) is 7. The second-order valence-electron chi connectivity index (χ2n) is 8.11. The minimum atomic E-state index is -0.00627. The van der Waals surface area contributed by atoms with E-state index in [9.17, 15) is 0 Å². The lowest BCUT2D eigenvalue weighted by Gasteiger charge is -2.40. The highest BCUT2D eigenvalue weighted by atomic mass is 16.5. The smallest absolute Gasteiger partial charge is 0.218 e. The van der Waals surface area contributed by atoms with E-state index >= 15 is 0 Å². The number of rotatable bonds is 4. The van der Waals surface area contributed by atoms with Crippen LogP contribution < -0.4 is 9.64 Å². The highest BCUT2D eigenvalue weighted by molar-refractivity contribution is 5.42. The SMILES string of the molecule is COc1cc(N2CCC[C@@]3(C[C@@H](CN4CCN(C)CC4)CO3)C2)ncn1. The van der Waals surface area contributed by atoms with Gasteiger partial charge in [-0.15, -0.1) is 0 Å². The van der Waals surface area contributed by atoms with Crippen molar-refractivity contribution in [1.82, 2.24) is 19.8 Å². The highest BCUT2D eigenvalue weighted by Gasteiger charge is 2.44. The minimum absolute atomic E-state index is 0.00627. The molecule has 3 aliphatic rings. The maximum atomic E-state index is 6.41. The van der Waals surface area contributed by atoms with Gasteiger partial charge in [-0.1, -0.05) is 0 Å². The molecule has 0 bridgehead atoms. The summed E-state index contributed by atoms with van der Waals surface area (Å²) < 4.78 is 11.7. The van der Waals surface area contributed by atoms with Crippen LogP contribution in [0.4, 0.5) is 5.82 Å². The van der Waals surface area contributed by atoms with Crippen LogP contribution in [0, 0.1) is 5.92 Å². The van der Waals surface area contributed by atoms with Crippen molar-refractivity contribution in [3.8, 4) is 5.88 Å². The molecule has 0 radical (unpaired) electrons. The third-order valence-electron chi connectivity index (χ3n) is 6.10. The zero-order valence-electron chi connectivity index (χ0n) is 16.1. The molecule has 7 nitrogen and oxygen atoms in total. The van der Waals surface area contributed by atoms with Crippen molar-refractivity contribution >= 4 is 5.82 Å². The number of nitrogens with zero attached hydrogens (tertiary/aromatic N) is 5. The molecule has 0 aromatic carbocycles. The lowest BCUT2D eigenvalue weighted by Crippen LogP contribution is -2.49. The van der Waals surface area contributed by atoms with E-state index in [1.54, 1.807) is 13.4 Å². The lowest BCUT2D eigenvalue weighted by molar-refractivity contribution is -0.00753. The molecular weight excluding hydrogens is 330 g/mol. The Hall–Kier alpha value is -1.44. The summed E-state index contributed by atoms with van der Waals surface area (Å²) in [5, 5.41) is 0. The van der Waals surface area contributed by atoms with Gasteiger partial charge in [0.05, 0.1) is 19.3 Å². The second-order valence-corrected chi connectivity index (χ2v) is 8.11. The number of methoxy groups -OCH3 is 1. The van der Waals surface area contributed by atoms with Gasteiger partial charge in [-0.05, 0) is 32.2 Å². The number of hydrogen-bond donors (Lipinski definition) is 0. The van der Waals surface area contributed by atoms with Crippen molar-refractivity contribution in [2.24, 2.45) is 5.92 Å². The van der Waals surface area contributed by atoms with Gasteiger partial charge in [0, 0.05) is 51.9 Å². The molecule has 4 heterocycles. The fourth-order valence-corrected chi connectivity index (χ4v) is 4.64. The van der Waals surface area contributed by atoms with E-state index in [-0.39, 0.29) is 5.60 Å². The number of likely N-dealkylation sites (N-methyl/N-ethyl adjacent to an activating group) is 1. The Bertz CT molecular complexity index is 607. The molecule has 4 rings (SSSR count). The van der Waals surface area contributed by atoms with Gasteiger partial charge in [0.2, 0.25) is 5.88 Å². The van der Waals surface area contributed by atoms with E-state index in [2.05, 4.69) is 31.7 Å². The summed E-state index contributed by atoms with van der Waals surface area (Å²) in [5.74, 6) is 2.22. The minimum Gasteiger partial charge on any atom is -0.481 e. The van der Waals surface area contributed by atoms with E-state index in [0.29, 0.717) is 11.8 Å². The van der Waals surface area contributed by atoms with E-state index in [0.717, 1.165) is 44.8 Å². The lowest BCUT2D eigenvalue weighted by atomic mass is 9.86. The maximum absolute atomic E-state index is 6.41. The third-order valence-corrected chi connectivity index (χ3v) is 6.10. The van der Waals surface area contributed by atoms with E-state index in [4.69, 9.17) is 9.47 Å². The Kier molecular flexibility index (Phi) is 5.29. The first kappa shape index (κ1) is 17.9. The van der Waals surface area contributed by atoms with Crippen LogP contribution in [-0.4, -0.2) is 91.9 Å². The fraction of sp³-hybridized carbons (Fsp3) is 0.789. The molecule has 0 aliphatic carbocycles. The summed E-state index contributed by atoms with van der Waals surface area (Å²) in [6, 6.07) is 1.93. The van der Waals surface area contributed by atoms with Crippen LogP contribution >= 0.6 is 0 Å². The van der Waals surface area contributed by atoms with Crippen molar-refractivity contribution in [1.29, 1.82) is 0 Å². The highest BCUT2D eigenvalue weighted by Crippen LogP contribution is 2.39. The first-order chi connectivity index (χ1) is 12.7. The van der Waals surface area contributed by atoms with Crippen molar-refractivity contribution in [2.75, 3.05) is 71.5 Å². The first-order valence-electron chi connectivity index (χ1n) is 9.82. The first-order valence-corrected chi connectivity index (χ1v) is 9.82. The molecule has 3 fully saturated rings. The predicted octanol–water partition coefficient (Wildman–Crippen LogP) is 1.11. The molecule has 144 valence electrons. The molecule has 0 N–H and O–H groups in total. The van der Waals surface area contributed by atoms with Crippen molar-refractivity contribution in [2.45, 2.75) is 24.9 Å².